The minimum Gasteiger partial charge on any atom is -0.496 e. The van der Waals surface area contributed by atoms with Crippen molar-refractivity contribution in [2.45, 2.75) is 18.9 Å². The van der Waals surface area contributed by atoms with Gasteiger partial charge in [-0.3, -0.25) is 10.8 Å². The van der Waals surface area contributed by atoms with Gasteiger partial charge >= 0.3 is 0 Å². The summed E-state index contributed by atoms with van der Waals surface area (Å²) in [6, 6.07) is -0.174. The first-order valence-corrected chi connectivity index (χ1v) is 5.96. The van der Waals surface area contributed by atoms with Crippen LogP contribution in [-0.4, -0.2) is 21.2 Å². The van der Waals surface area contributed by atoms with Gasteiger partial charge < -0.3 is 4.74 Å². The number of allylic oxidation sites excluding steroid dienone is 1. The number of aromatic nitrogens is 3. The fourth-order valence-electron chi connectivity index (χ4n) is 2.18. The molecule has 0 radical (unpaired) electrons. The highest BCUT2D eigenvalue weighted by Gasteiger charge is 2.22. The van der Waals surface area contributed by atoms with E-state index < -0.39 is 0 Å². The highest BCUT2D eigenvalue weighted by Crippen LogP contribution is 2.27. The Hall–Kier alpha value is -1.92. The molecule has 0 bridgehead atoms. The molecule has 1 aliphatic heterocycles. The normalized spacial score (nSPS) is 17.3. The number of nitrogens with one attached hydrogen (secondary N) is 1. The van der Waals surface area contributed by atoms with Gasteiger partial charge in [-0.2, -0.15) is 5.10 Å². The first-order chi connectivity index (χ1) is 8.90. The summed E-state index contributed by atoms with van der Waals surface area (Å²) < 4.78 is 7.44. The molecule has 1 aliphatic rings. The van der Waals surface area contributed by atoms with E-state index in [4.69, 9.17) is 10.6 Å². The molecule has 0 spiro atoms. The summed E-state index contributed by atoms with van der Waals surface area (Å²) in [6.45, 7) is 0.738. The molecular weight excluding hydrogens is 230 g/mol. The molecule has 18 heavy (non-hydrogen) atoms. The first-order valence-electron chi connectivity index (χ1n) is 5.96. The van der Waals surface area contributed by atoms with Crippen LogP contribution in [0, 0.1) is 0 Å². The van der Waals surface area contributed by atoms with Crippen LogP contribution in [0.3, 0.4) is 0 Å². The molecule has 2 aromatic rings. The number of ether oxygens (including phenoxy) is 1. The highest BCUT2D eigenvalue weighted by molar-refractivity contribution is 5.54. The Morgan fingerprint density at radius 2 is 2.39 bits per heavy atom. The van der Waals surface area contributed by atoms with Crippen molar-refractivity contribution >= 4 is 5.52 Å². The number of nitrogens with two attached hydrogens (primary N) is 1. The molecule has 1 atom stereocenters. The zero-order chi connectivity index (χ0) is 12.4. The van der Waals surface area contributed by atoms with Gasteiger partial charge in [0.1, 0.15) is 11.8 Å². The number of hydrogen-bond acceptors (Lipinski definition) is 5. The number of rotatable bonds is 3. The Kier molecular flexibility index (Phi) is 2.95. The smallest absolute Gasteiger partial charge is 0.115 e. The Morgan fingerprint density at radius 3 is 3.17 bits per heavy atom. The van der Waals surface area contributed by atoms with Gasteiger partial charge in [0.2, 0.25) is 0 Å². The quantitative estimate of drug-likeness (QED) is 0.621. The van der Waals surface area contributed by atoms with Crippen LogP contribution in [0.25, 0.3) is 5.52 Å². The van der Waals surface area contributed by atoms with Gasteiger partial charge in [0.05, 0.1) is 24.5 Å². The summed E-state index contributed by atoms with van der Waals surface area (Å²) in [5.41, 5.74) is 4.69. The third-order valence-electron chi connectivity index (χ3n) is 3.08. The average molecular weight is 245 g/mol. The van der Waals surface area contributed by atoms with Gasteiger partial charge in [-0.15, -0.1) is 0 Å². The Bertz CT molecular complexity index is 577. The third kappa shape index (κ3) is 1.85. The maximum absolute atomic E-state index is 5.66. The second kappa shape index (κ2) is 4.75. The molecule has 94 valence electrons. The van der Waals surface area contributed by atoms with E-state index in [1.807, 2.05) is 6.20 Å². The van der Waals surface area contributed by atoms with Crippen molar-refractivity contribution in [2.24, 2.45) is 5.84 Å². The molecule has 3 rings (SSSR count). The zero-order valence-corrected chi connectivity index (χ0v) is 9.91. The van der Waals surface area contributed by atoms with Crippen molar-refractivity contribution in [1.29, 1.82) is 0 Å². The van der Waals surface area contributed by atoms with Crippen LogP contribution >= 0.6 is 0 Å². The number of hydrazine groups is 1. The molecule has 6 nitrogen and oxygen atoms in total. The largest absolute Gasteiger partial charge is 0.496 e. The first kappa shape index (κ1) is 11.2. The highest BCUT2D eigenvalue weighted by atomic mass is 16.5. The van der Waals surface area contributed by atoms with E-state index in [1.165, 1.54) is 0 Å². The van der Waals surface area contributed by atoms with E-state index in [9.17, 15) is 0 Å². The monoisotopic (exact) mass is 245 g/mol. The molecule has 6 heteroatoms. The van der Waals surface area contributed by atoms with Crippen LogP contribution in [0.4, 0.5) is 0 Å². The van der Waals surface area contributed by atoms with Crippen LogP contribution < -0.4 is 11.3 Å². The summed E-state index contributed by atoms with van der Waals surface area (Å²) in [7, 11) is 0. The molecule has 0 amide bonds. The molecule has 0 aromatic carbocycles. The van der Waals surface area contributed by atoms with Crippen molar-refractivity contribution in [2.75, 3.05) is 6.61 Å². The summed E-state index contributed by atoms with van der Waals surface area (Å²) >= 11 is 0. The second-order valence-electron chi connectivity index (χ2n) is 4.20. The topological polar surface area (TPSA) is 77.5 Å². The van der Waals surface area contributed by atoms with Crippen LogP contribution in [0.15, 0.2) is 36.6 Å². The van der Waals surface area contributed by atoms with Crippen molar-refractivity contribution in [3.05, 3.63) is 42.2 Å². The lowest BCUT2D eigenvalue weighted by atomic mass is 10.1. The molecule has 0 saturated carbocycles. The van der Waals surface area contributed by atoms with Gasteiger partial charge in [0, 0.05) is 18.0 Å². The predicted octanol–water partition coefficient (Wildman–Crippen LogP) is 0.928. The minimum atomic E-state index is -0.174. The van der Waals surface area contributed by atoms with Gasteiger partial charge in [0.25, 0.3) is 0 Å². The molecule has 2 aromatic heterocycles. The summed E-state index contributed by atoms with van der Waals surface area (Å²) in [5, 5.41) is 4.28. The van der Waals surface area contributed by atoms with Gasteiger partial charge in [-0.25, -0.2) is 9.94 Å². The lowest BCUT2D eigenvalue weighted by Crippen LogP contribution is -2.31. The zero-order valence-electron chi connectivity index (χ0n) is 9.91. The molecule has 0 saturated heterocycles. The Labute approximate surface area is 104 Å². The van der Waals surface area contributed by atoms with Crippen molar-refractivity contribution in [1.82, 2.24) is 20.0 Å². The van der Waals surface area contributed by atoms with Gasteiger partial charge in [-0.05, 0) is 18.9 Å². The van der Waals surface area contributed by atoms with Crippen molar-refractivity contribution in [3.63, 3.8) is 0 Å². The second-order valence-corrected chi connectivity index (χ2v) is 4.20. The van der Waals surface area contributed by atoms with E-state index >= 15 is 0 Å². The minimum absolute atomic E-state index is 0.174. The van der Waals surface area contributed by atoms with E-state index in [0.717, 1.165) is 36.3 Å². The lowest BCUT2D eigenvalue weighted by molar-refractivity contribution is 0.168. The molecule has 1 unspecified atom stereocenters. The Balaban J connectivity index is 2.03. The summed E-state index contributed by atoms with van der Waals surface area (Å²) in [5.74, 6) is 6.52. The maximum Gasteiger partial charge on any atom is 0.115 e. The Morgan fingerprint density at radius 1 is 1.44 bits per heavy atom. The fourth-order valence-corrected chi connectivity index (χ4v) is 2.18. The van der Waals surface area contributed by atoms with Crippen LogP contribution in [0.2, 0.25) is 0 Å². The number of hydrogen-bond donors (Lipinski definition) is 2. The van der Waals surface area contributed by atoms with Crippen LogP contribution in [0.1, 0.15) is 24.4 Å². The SMILES string of the molecule is NNC(C1=CCCCO1)c1cnn2ccncc12. The maximum atomic E-state index is 5.66. The predicted molar refractivity (Wildman–Crippen MR) is 66.3 cm³/mol. The van der Waals surface area contributed by atoms with Crippen molar-refractivity contribution in [3.8, 4) is 0 Å². The molecule has 3 heterocycles. The third-order valence-corrected chi connectivity index (χ3v) is 3.08. The van der Waals surface area contributed by atoms with E-state index in [0.29, 0.717) is 0 Å². The number of nitrogens with zero attached hydrogens (tertiary/aromatic N) is 3. The lowest BCUT2D eigenvalue weighted by Gasteiger charge is -2.22. The fraction of sp³-hybridized carbons (Fsp3) is 0.333. The van der Waals surface area contributed by atoms with Crippen LogP contribution in [-0.2, 0) is 4.74 Å². The van der Waals surface area contributed by atoms with Gasteiger partial charge in [-0.1, -0.05) is 0 Å². The molecule has 0 aliphatic carbocycles. The molecule has 0 fully saturated rings. The van der Waals surface area contributed by atoms with Gasteiger partial charge in [0.15, 0.2) is 0 Å². The molecule has 3 N–H and O–H groups in total. The van der Waals surface area contributed by atoms with Crippen molar-refractivity contribution < 1.29 is 4.74 Å². The van der Waals surface area contributed by atoms with E-state index in [2.05, 4.69) is 21.6 Å². The summed E-state index contributed by atoms with van der Waals surface area (Å²) in [4.78, 5) is 4.12. The van der Waals surface area contributed by atoms with E-state index in [-0.39, 0.29) is 6.04 Å². The number of fused-ring (bicyclic) bond motifs is 1. The molecular formula is C12H15N5O. The average Bonchev–Trinajstić information content (AvgIpc) is 2.85. The van der Waals surface area contributed by atoms with Crippen LogP contribution in [0.5, 0.6) is 0 Å². The summed E-state index contributed by atoms with van der Waals surface area (Å²) in [6.07, 6.45) is 11.2. The standard InChI is InChI=1S/C12H15N5O/c13-16-12(11-3-1-2-6-18-11)9-7-15-17-5-4-14-8-10(9)17/h3-5,7-8,12,16H,1-2,6,13H2. The van der Waals surface area contributed by atoms with E-state index in [1.54, 1.807) is 23.1 Å².